The van der Waals surface area contributed by atoms with E-state index < -0.39 is 16.1 Å². The van der Waals surface area contributed by atoms with Gasteiger partial charge in [0.1, 0.15) is 6.04 Å². The standard InChI is InChI=1S/C23H27N3O3S/c1-17-9-11-19(12-10-17)30(28,29)25-22(23(27)26-13-5-2-6-14-26)15-18-16-24-21-8-4-3-7-20(18)21/h3-4,7-12,16,22,24-25H,2,5-6,13-15H2,1H3. The molecule has 1 fully saturated rings. The van der Waals surface area contributed by atoms with Gasteiger partial charge in [-0.25, -0.2) is 8.42 Å². The van der Waals surface area contributed by atoms with Crippen LogP contribution in [0.25, 0.3) is 10.9 Å². The molecule has 2 heterocycles. The van der Waals surface area contributed by atoms with Crippen LogP contribution in [-0.4, -0.2) is 43.3 Å². The first-order chi connectivity index (χ1) is 14.4. The predicted octanol–water partition coefficient (Wildman–Crippen LogP) is 3.38. The molecule has 7 heteroatoms. The first-order valence-electron chi connectivity index (χ1n) is 10.4. The number of likely N-dealkylation sites (tertiary alicyclic amines) is 1. The Balaban J connectivity index is 1.64. The lowest BCUT2D eigenvalue weighted by molar-refractivity contribution is -0.133. The van der Waals surface area contributed by atoms with Crippen molar-refractivity contribution in [1.82, 2.24) is 14.6 Å². The van der Waals surface area contributed by atoms with Gasteiger partial charge < -0.3 is 9.88 Å². The summed E-state index contributed by atoms with van der Waals surface area (Å²) in [5.74, 6) is -0.157. The molecule has 1 aliphatic heterocycles. The topological polar surface area (TPSA) is 82.3 Å². The Morgan fingerprint density at radius 1 is 1.07 bits per heavy atom. The average Bonchev–Trinajstić information content (AvgIpc) is 3.16. The van der Waals surface area contributed by atoms with Crippen molar-refractivity contribution in [2.45, 2.75) is 43.5 Å². The molecule has 3 aromatic rings. The molecule has 1 amide bonds. The summed E-state index contributed by atoms with van der Waals surface area (Å²) in [6, 6.07) is 13.7. The zero-order chi connectivity index (χ0) is 21.1. The second-order valence-electron chi connectivity index (χ2n) is 7.94. The Morgan fingerprint density at radius 2 is 1.77 bits per heavy atom. The smallest absolute Gasteiger partial charge is 0.241 e. The summed E-state index contributed by atoms with van der Waals surface area (Å²) in [4.78, 5) is 18.5. The Labute approximate surface area is 177 Å². The van der Waals surface area contributed by atoms with Crippen molar-refractivity contribution in [2.75, 3.05) is 13.1 Å². The number of aromatic nitrogens is 1. The molecule has 1 unspecified atom stereocenters. The second kappa shape index (κ2) is 8.62. The van der Waals surface area contributed by atoms with E-state index in [1.54, 1.807) is 29.2 Å². The lowest BCUT2D eigenvalue weighted by atomic mass is 10.0. The fraction of sp³-hybridized carbons (Fsp3) is 0.348. The number of amides is 1. The lowest BCUT2D eigenvalue weighted by Gasteiger charge is -2.30. The summed E-state index contributed by atoms with van der Waals surface area (Å²) in [6.07, 6.45) is 5.17. The number of carbonyl (C=O) groups excluding carboxylic acids is 1. The number of aryl methyl sites for hydroxylation is 1. The number of hydrogen-bond acceptors (Lipinski definition) is 3. The van der Waals surface area contributed by atoms with E-state index in [9.17, 15) is 13.2 Å². The Morgan fingerprint density at radius 3 is 2.50 bits per heavy atom. The van der Waals surface area contributed by atoms with Gasteiger partial charge in [0.05, 0.1) is 4.90 Å². The number of benzene rings is 2. The summed E-state index contributed by atoms with van der Waals surface area (Å²) in [5.41, 5.74) is 2.87. The third-order valence-corrected chi connectivity index (χ3v) is 7.18. The average molecular weight is 426 g/mol. The quantitative estimate of drug-likeness (QED) is 0.635. The van der Waals surface area contributed by atoms with Crippen molar-refractivity contribution in [2.24, 2.45) is 0 Å². The monoisotopic (exact) mass is 425 g/mol. The van der Waals surface area contributed by atoms with Gasteiger partial charge in [0.2, 0.25) is 15.9 Å². The number of rotatable bonds is 6. The molecular formula is C23H27N3O3S. The number of sulfonamides is 1. The van der Waals surface area contributed by atoms with Crippen LogP contribution in [0.5, 0.6) is 0 Å². The van der Waals surface area contributed by atoms with Crippen LogP contribution in [0.2, 0.25) is 0 Å². The molecule has 0 spiro atoms. The fourth-order valence-electron chi connectivity index (χ4n) is 4.01. The molecule has 1 aliphatic rings. The van der Waals surface area contributed by atoms with E-state index in [-0.39, 0.29) is 10.8 Å². The minimum Gasteiger partial charge on any atom is -0.361 e. The van der Waals surface area contributed by atoms with E-state index in [2.05, 4.69) is 9.71 Å². The van der Waals surface area contributed by atoms with Gasteiger partial charge in [-0.1, -0.05) is 35.9 Å². The van der Waals surface area contributed by atoms with Crippen molar-refractivity contribution in [3.63, 3.8) is 0 Å². The molecular weight excluding hydrogens is 398 g/mol. The minimum atomic E-state index is -3.82. The summed E-state index contributed by atoms with van der Waals surface area (Å²) in [7, 11) is -3.82. The largest absolute Gasteiger partial charge is 0.361 e. The second-order valence-corrected chi connectivity index (χ2v) is 9.65. The Bertz CT molecular complexity index is 1130. The van der Waals surface area contributed by atoms with E-state index in [1.165, 1.54) is 0 Å². The number of para-hydroxylation sites is 1. The van der Waals surface area contributed by atoms with E-state index in [1.807, 2.05) is 37.4 Å². The van der Waals surface area contributed by atoms with Crippen LogP contribution in [0, 0.1) is 6.92 Å². The van der Waals surface area contributed by atoms with Crippen molar-refractivity contribution in [3.8, 4) is 0 Å². The van der Waals surface area contributed by atoms with Crippen LogP contribution in [0.15, 0.2) is 59.6 Å². The number of aromatic amines is 1. The van der Waals surface area contributed by atoms with Crippen molar-refractivity contribution >= 4 is 26.8 Å². The van der Waals surface area contributed by atoms with E-state index in [4.69, 9.17) is 0 Å². The number of piperidine rings is 1. The van der Waals surface area contributed by atoms with Gasteiger partial charge in [0.15, 0.2) is 0 Å². The molecule has 1 aromatic heterocycles. The third kappa shape index (κ3) is 4.42. The molecule has 0 aliphatic carbocycles. The highest BCUT2D eigenvalue weighted by Crippen LogP contribution is 2.21. The number of nitrogens with zero attached hydrogens (tertiary/aromatic N) is 1. The Hall–Kier alpha value is -2.64. The molecule has 1 saturated heterocycles. The molecule has 2 aromatic carbocycles. The number of fused-ring (bicyclic) bond motifs is 1. The molecule has 0 bridgehead atoms. The van der Waals surface area contributed by atoms with Crippen molar-refractivity contribution in [3.05, 3.63) is 65.9 Å². The molecule has 6 nitrogen and oxygen atoms in total. The van der Waals surface area contributed by atoms with E-state index >= 15 is 0 Å². The summed E-state index contributed by atoms with van der Waals surface area (Å²) in [5, 5.41) is 1.00. The number of hydrogen-bond donors (Lipinski definition) is 2. The molecule has 2 N–H and O–H groups in total. The van der Waals surface area contributed by atoms with Gasteiger partial charge in [-0.2, -0.15) is 4.72 Å². The van der Waals surface area contributed by atoms with Gasteiger partial charge in [-0.05, 0) is 56.4 Å². The highest BCUT2D eigenvalue weighted by atomic mass is 32.2. The van der Waals surface area contributed by atoms with Gasteiger partial charge in [-0.3, -0.25) is 4.79 Å². The normalized spacial score (nSPS) is 16.0. The summed E-state index contributed by atoms with van der Waals surface area (Å²) < 4.78 is 28.8. The molecule has 0 radical (unpaired) electrons. The predicted molar refractivity (Wildman–Crippen MR) is 118 cm³/mol. The first kappa shape index (κ1) is 20.6. The fourth-order valence-corrected chi connectivity index (χ4v) is 5.20. The summed E-state index contributed by atoms with van der Waals surface area (Å²) >= 11 is 0. The van der Waals surface area contributed by atoms with Crippen LogP contribution >= 0.6 is 0 Å². The van der Waals surface area contributed by atoms with E-state index in [0.29, 0.717) is 19.5 Å². The maximum absolute atomic E-state index is 13.3. The van der Waals surface area contributed by atoms with Crippen molar-refractivity contribution in [1.29, 1.82) is 0 Å². The van der Waals surface area contributed by atoms with E-state index in [0.717, 1.165) is 41.3 Å². The van der Waals surface area contributed by atoms with Crippen molar-refractivity contribution < 1.29 is 13.2 Å². The lowest BCUT2D eigenvalue weighted by Crippen LogP contribution is -2.50. The number of nitrogens with one attached hydrogen (secondary N) is 2. The molecule has 4 rings (SSSR count). The minimum absolute atomic E-state index is 0.157. The van der Waals surface area contributed by atoms with Crippen LogP contribution in [-0.2, 0) is 21.2 Å². The molecule has 0 saturated carbocycles. The maximum atomic E-state index is 13.3. The maximum Gasteiger partial charge on any atom is 0.241 e. The van der Waals surface area contributed by atoms with Crippen LogP contribution in [0.1, 0.15) is 30.4 Å². The van der Waals surface area contributed by atoms with Gasteiger partial charge in [0.25, 0.3) is 0 Å². The zero-order valence-electron chi connectivity index (χ0n) is 17.1. The number of H-pyrrole nitrogens is 1. The summed E-state index contributed by atoms with van der Waals surface area (Å²) in [6.45, 7) is 3.26. The highest BCUT2D eigenvalue weighted by Gasteiger charge is 2.30. The van der Waals surface area contributed by atoms with Crippen LogP contribution in [0.3, 0.4) is 0 Å². The zero-order valence-corrected chi connectivity index (χ0v) is 17.9. The highest BCUT2D eigenvalue weighted by molar-refractivity contribution is 7.89. The first-order valence-corrected chi connectivity index (χ1v) is 11.9. The van der Waals surface area contributed by atoms with Crippen LogP contribution < -0.4 is 4.72 Å². The third-order valence-electron chi connectivity index (χ3n) is 5.69. The SMILES string of the molecule is Cc1ccc(S(=O)(=O)NC(Cc2c[nH]c3ccccc23)C(=O)N2CCCCC2)cc1. The van der Waals surface area contributed by atoms with Gasteiger partial charge in [-0.15, -0.1) is 0 Å². The number of carbonyl (C=O) groups is 1. The van der Waals surface area contributed by atoms with Gasteiger partial charge in [0, 0.05) is 30.2 Å². The molecule has 30 heavy (non-hydrogen) atoms. The van der Waals surface area contributed by atoms with Crippen LogP contribution in [0.4, 0.5) is 0 Å². The molecule has 1 atom stereocenters. The Kier molecular flexibility index (Phi) is 5.92. The molecule has 158 valence electrons. The van der Waals surface area contributed by atoms with Gasteiger partial charge >= 0.3 is 0 Å².